The minimum Gasteiger partial charge on any atom is -0.497 e. The standard InChI is InChI=1S/C19H22O7/c1-21-15-3-7-17(8-4-15)23-11-13-25-19(20)26-14-12-24-18-9-5-16(22-2)6-10-18/h3-10H,11-14H2,1-2H3. The highest BCUT2D eigenvalue weighted by Gasteiger charge is 2.04. The Hall–Kier alpha value is -3.09. The van der Waals surface area contributed by atoms with Gasteiger partial charge in [0.15, 0.2) is 0 Å². The topological polar surface area (TPSA) is 72.5 Å². The van der Waals surface area contributed by atoms with Gasteiger partial charge in [0.05, 0.1) is 14.2 Å². The first kappa shape index (κ1) is 19.2. The first-order chi connectivity index (χ1) is 12.7. The number of benzene rings is 2. The van der Waals surface area contributed by atoms with E-state index in [0.717, 1.165) is 11.5 Å². The number of carbonyl (C=O) groups excluding carboxylic acids is 1. The molecular weight excluding hydrogens is 340 g/mol. The van der Waals surface area contributed by atoms with Gasteiger partial charge in [0, 0.05) is 0 Å². The second kappa shape index (κ2) is 10.7. The van der Waals surface area contributed by atoms with Crippen molar-refractivity contribution in [2.75, 3.05) is 40.6 Å². The Labute approximate surface area is 152 Å². The molecular formula is C19H22O7. The van der Waals surface area contributed by atoms with Crippen molar-refractivity contribution in [1.29, 1.82) is 0 Å². The highest BCUT2D eigenvalue weighted by molar-refractivity contribution is 5.59. The Morgan fingerprint density at radius 1 is 0.615 bits per heavy atom. The van der Waals surface area contributed by atoms with Crippen LogP contribution >= 0.6 is 0 Å². The Kier molecular flexibility index (Phi) is 7.92. The van der Waals surface area contributed by atoms with Crippen molar-refractivity contribution >= 4 is 6.16 Å². The summed E-state index contributed by atoms with van der Waals surface area (Å²) in [6, 6.07) is 14.2. The molecule has 0 aliphatic heterocycles. The average Bonchev–Trinajstić information content (AvgIpc) is 2.69. The van der Waals surface area contributed by atoms with Crippen molar-refractivity contribution in [2.24, 2.45) is 0 Å². The summed E-state index contributed by atoms with van der Waals surface area (Å²) in [4.78, 5) is 11.4. The van der Waals surface area contributed by atoms with Gasteiger partial charge >= 0.3 is 6.16 Å². The zero-order valence-electron chi connectivity index (χ0n) is 14.8. The monoisotopic (exact) mass is 362 g/mol. The molecule has 0 saturated carbocycles. The molecule has 0 atom stereocenters. The fraction of sp³-hybridized carbons (Fsp3) is 0.316. The van der Waals surface area contributed by atoms with Gasteiger partial charge in [-0.3, -0.25) is 0 Å². The summed E-state index contributed by atoms with van der Waals surface area (Å²) in [6.45, 7) is 0.627. The van der Waals surface area contributed by atoms with E-state index in [2.05, 4.69) is 0 Å². The third kappa shape index (κ3) is 6.80. The number of hydrogen-bond donors (Lipinski definition) is 0. The summed E-state index contributed by atoms with van der Waals surface area (Å²) >= 11 is 0. The Morgan fingerprint density at radius 3 is 1.31 bits per heavy atom. The van der Waals surface area contributed by atoms with Crippen molar-refractivity contribution in [3.05, 3.63) is 48.5 Å². The summed E-state index contributed by atoms with van der Waals surface area (Å²) in [5.74, 6) is 2.81. The first-order valence-electron chi connectivity index (χ1n) is 8.04. The molecule has 0 aromatic heterocycles. The fourth-order valence-electron chi connectivity index (χ4n) is 1.95. The molecule has 0 fully saturated rings. The van der Waals surface area contributed by atoms with Crippen LogP contribution in [0.1, 0.15) is 0 Å². The highest BCUT2D eigenvalue weighted by atomic mass is 16.7. The molecule has 2 rings (SSSR count). The summed E-state index contributed by atoms with van der Waals surface area (Å²) in [6.07, 6.45) is -0.762. The molecule has 0 heterocycles. The largest absolute Gasteiger partial charge is 0.508 e. The van der Waals surface area contributed by atoms with Crippen LogP contribution in [0.3, 0.4) is 0 Å². The molecule has 0 aliphatic rings. The van der Waals surface area contributed by atoms with Crippen molar-refractivity contribution in [2.45, 2.75) is 0 Å². The van der Waals surface area contributed by atoms with Crippen LogP contribution in [0.15, 0.2) is 48.5 Å². The second-order valence-corrected chi connectivity index (χ2v) is 4.99. The first-order valence-corrected chi connectivity index (χ1v) is 8.04. The van der Waals surface area contributed by atoms with E-state index in [1.807, 2.05) is 0 Å². The molecule has 140 valence electrons. The normalized spacial score (nSPS) is 9.92. The molecule has 0 saturated heterocycles. The number of hydrogen-bond acceptors (Lipinski definition) is 7. The number of rotatable bonds is 10. The van der Waals surface area contributed by atoms with Crippen molar-refractivity contribution in [3.63, 3.8) is 0 Å². The SMILES string of the molecule is COc1ccc(OCCOC(=O)OCCOc2ccc(OC)cc2)cc1. The van der Waals surface area contributed by atoms with E-state index in [1.54, 1.807) is 62.8 Å². The molecule has 2 aromatic rings. The predicted octanol–water partition coefficient (Wildman–Crippen LogP) is 3.31. The second-order valence-electron chi connectivity index (χ2n) is 4.99. The Bertz CT molecular complexity index is 595. The van der Waals surface area contributed by atoms with Crippen LogP contribution in [-0.4, -0.2) is 46.8 Å². The van der Waals surface area contributed by atoms with Crippen molar-refractivity contribution < 1.29 is 33.2 Å². The molecule has 0 amide bonds. The van der Waals surface area contributed by atoms with Crippen LogP contribution in [0.4, 0.5) is 4.79 Å². The summed E-state index contributed by atoms with van der Waals surface area (Å²) < 4.78 is 30.8. The molecule has 7 nitrogen and oxygen atoms in total. The molecule has 2 aromatic carbocycles. The van der Waals surface area contributed by atoms with E-state index in [-0.39, 0.29) is 26.4 Å². The molecule has 0 radical (unpaired) electrons. The maximum Gasteiger partial charge on any atom is 0.508 e. The lowest BCUT2D eigenvalue weighted by molar-refractivity contribution is 0.0383. The van der Waals surface area contributed by atoms with Gasteiger partial charge in [-0.25, -0.2) is 4.79 Å². The molecule has 26 heavy (non-hydrogen) atoms. The van der Waals surface area contributed by atoms with E-state index in [4.69, 9.17) is 28.4 Å². The summed E-state index contributed by atoms with van der Waals surface area (Å²) in [5.41, 5.74) is 0. The molecule has 0 unspecified atom stereocenters. The van der Waals surface area contributed by atoms with Gasteiger partial charge in [-0.15, -0.1) is 0 Å². The highest BCUT2D eigenvalue weighted by Crippen LogP contribution is 2.17. The maximum atomic E-state index is 11.4. The quantitative estimate of drug-likeness (QED) is 0.474. The van der Waals surface area contributed by atoms with E-state index in [0.29, 0.717) is 11.5 Å². The minimum absolute atomic E-state index is 0.0875. The molecule has 0 N–H and O–H groups in total. The van der Waals surface area contributed by atoms with Gasteiger partial charge in [-0.2, -0.15) is 0 Å². The van der Waals surface area contributed by atoms with Crippen LogP contribution in [-0.2, 0) is 9.47 Å². The van der Waals surface area contributed by atoms with Crippen molar-refractivity contribution in [1.82, 2.24) is 0 Å². The van der Waals surface area contributed by atoms with Gasteiger partial charge in [0.25, 0.3) is 0 Å². The van der Waals surface area contributed by atoms with Gasteiger partial charge in [-0.1, -0.05) is 0 Å². The van der Waals surface area contributed by atoms with Crippen LogP contribution in [0, 0.1) is 0 Å². The minimum atomic E-state index is -0.762. The third-order valence-electron chi connectivity index (χ3n) is 3.26. The lowest BCUT2D eigenvalue weighted by Gasteiger charge is -2.09. The molecule has 0 aliphatic carbocycles. The number of ether oxygens (including phenoxy) is 6. The van der Waals surface area contributed by atoms with Crippen molar-refractivity contribution in [3.8, 4) is 23.0 Å². The zero-order valence-corrected chi connectivity index (χ0v) is 14.8. The number of carbonyl (C=O) groups is 1. The lowest BCUT2D eigenvalue weighted by Crippen LogP contribution is -2.16. The van der Waals surface area contributed by atoms with E-state index in [9.17, 15) is 4.79 Å². The third-order valence-corrected chi connectivity index (χ3v) is 3.26. The zero-order chi connectivity index (χ0) is 18.6. The van der Waals surface area contributed by atoms with Crippen LogP contribution in [0.25, 0.3) is 0 Å². The van der Waals surface area contributed by atoms with E-state index in [1.165, 1.54) is 0 Å². The number of methoxy groups -OCH3 is 2. The van der Waals surface area contributed by atoms with Crippen LogP contribution in [0.2, 0.25) is 0 Å². The Balaban J connectivity index is 1.52. The van der Waals surface area contributed by atoms with Gasteiger partial charge < -0.3 is 28.4 Å². The summed E-state index contributed by atoms with van der Waals surface area (Å²) in [7, 11) is 3.19. The Morgan fingerprint density at radius 2 is 0.962 bits per heavy atom. The predicted molar refractivity (Wildman–Crippen MR) is 94.3 cm³/mol. The molecule has 0 spiro atoms. The smallest absolute Gasteiger partial charge is 0.497 e. The van der Waals surface area contributed by atoms with E-state index >= 15 is 0 Å². The lowest BCUT2D eigenvalue weighted by atomic mass is 10.3. The van der Waals surface area contributed by atoms with Crippen LogP contribution in [0.5, 0.6) is 23.0 Å². The average molecular weight is 362 g/mol. The van der Waals surface area contributed by atoms with E-state index < -0.39 is 6.16 Å². The fourth-order valence-corrected chi connectivity index (χ4v) is 1.95. The maximum absolute atomic E-state index is 11.4. The van der Waals surface area contributed by atoms with Gasteiger partial charge in [-0.05, 0) is 48.5 Å². The molecule has 0 bridgehead atoms. The van der Waals surface area contributed by atoms with Crippen LogP contribution < -0.4 is 18.9 Å². The van der Waals surface area contributed by atoms with Gasteiger partial charge in [0.1, 0.15) is 49.4 Å². The molecule has 7 heteroatoms. The summed E-state index contributed by atoms with van der Waals surface area (Å²) in [5, 5.41) is 0. The van der Waals surface area contributed by atoms with Gasteiger partial charge in [0.2, 0.25) is 0 Å².